The lowest BCUT2D eigenvalue weighted by molar-refractivity contribution is -0.274. The Labute approximate surface area is 185 Å². The summed E-state index contributed by atoms with van der Waals surface area (Å²) < 4.78 is 44.3. The maximum atomic E-state index is 12.9. The molecule has 0 unspecified atom stereocenters. The zero-order valence-electron chi connectivity index (χ0n) is 17.3. The van der Waals surface area contributed by atoms with Crippen molar-refractivity contribution in [3.63, 3.8) is 0 Å². The number of aromatic nitrogens is 4. The summed E-state index contributed by atoms with van der Waals surface area (Å²) in [4.78, 5) is 21.6. The third kappa shape index (κ3) is 4.26. The molecule has 1 atom stereocenters. The minimum Gasteiger partial charge on any atom is -0.405 e. The van der Waals surface area contributed by atoms with Gasteiger partial charge in [0.15, 0.2) is 11.5 Å². The molecule has 1 fully saturated rings. The van der Waals surface area contributed by atoms with Crippen LogP contribution in [0.3, 0.4) is 0 Å². The topological polar surface area (TPSA) is 93.4 Å². The molecule has 1 amide bonds. The maximum Gasteiger partial charge on any atom is 0.573 e. The predicted octanol–water partition coefficient (Wildman–Crippen LogP) is 3.92. The van der Waals surface area contributed by atoms with E-state index in [-0.39, 0.29) is 23.2 Å². The third-order valence-corrected chi connectivity index (χ3v) is 5.37. The highest BCUT2D eigenvalue weighted by molar-refractivity contribution is 5.93. The third-order valence-electron chi connectivity index (χ3n) is 5.37. The predicted molar refractivity (Wildman–Crippen MR) is 115 cm³/mol. The molecule has 1 aliphatic rings. The molecule has 0 radical (unpaired) electrons. The zero-order valence-corrected chi connectivity index (χ0v) is 17.3. The number of nitrogens with zero attached hydrogens (tertiary/aromatic N) is 4. The Balaban J connectivity index is 1.65. The fourth-order valence-electron chi connectivity index (χ4n) is 3.86. The lowest BCUT2D eigenvalue weighted by Crippen LogP contribution is -2.38. The van der Waals surface area contributed by atoms with Crippen molar-refractivity contribution >= 4 is 28.4 Å². The van der Waals surface area contributed by atoms with E-state index in [4.69, 9.17) is 0 Å². The van der Waals surface area contributed by atoms with E-state index in [0.29, 0.717) is 29.5 Å². The number of rotatable bonds is 4. The smallest absolute Gasteiger partial charge is 0.405 e. The molecule has 2 N–H and O–H groups in total. The van der Waals surface area contributed by atoms with Crippen LogP contribution in [0.4, 0.5) is 19.1 Å². The highest BCUT2D eigenvalue weighted by Crippen LogP contribution is 2.33. The number of hydrogen-bond acceptors (Lipinski definition) is 6. The van der Waals surface area contributed by atoms with Crippen LogP contribution in [0.2, 0.25) is 0 Å². The van der Waals surface area contributed by atoms with Crippen LogP contribution in [0, 0.1) is 0 Å². The zero-order chi connectivity index (χ0) is 23.0. The standard InChI is InChI=1S/C22H19F3N6O2/c23-22(24,25)33-17-11-4-2-8-14(17)18-29-19-13-7-1-3-9-15(13)27-21(31(19)30-18)28-16-10-5-6-12-26-20(16)32/h1-4,7-9,11,16H,5-6,10,12H2,(H,26,32)(H,27,28)/t16-/m0/s1. The molecule has 2 aromatic heterocycles. The van der Waals surface area contributed by atoms with Gasteiger partial charge < -0.3 is 15.4 Å². The van der Waals surface area contributed by atoms with Crippen molar-refractivity contribution in [2.75, 3.05) is 11.9 Å². The summed E-state index contributed by atoms with van der Waals surface area (Å²) in [7, 11) is 0. The first-order valence-corrected chi connectivity index (χ1v) is 10.4. The molecule has 0 aliphatic carbocycles. The molecular formula is C22H19F3N6O2. The van der Waals surface area contributed by atoms with Crippen LogP contribution < -0.4 is 15.4 Å². The molecule has 4 aromatic rings. The van der Waals surface area contributed by atoms with E-state index in [1.54, 1.807) is 18.2 Å². The van der Waals surface area contributed by atoms with Crippen molar-refractivity contribution in [2.24, 2.45) is 0 Å². The van der Waals surface area contributed by atoms with Gasteiger partial charge in [0.1, 0.15) is 11.8 Å². The lowest BCUT2D eigenvalue weighted by Gasteiger charge is -2.16. The van der Waals surface area contributed by atoms with Crippen LogP contribution in [0.25, 0.3) is 27.9 Å². The minimum atomic E-state index is -4.86. The number of ether oxygens (including phenoxy) is 1. The van der Waals surface area contributed by atoms with Gasteiger partial charge in [-0.3, -0.25) is 4.79 Å². The van der Waals surface area contributed by atoms with E-state index < -0.39 is 18.2 Å². The fraction of sp³-hybridized carbons (Fsp3) is 0.273. The van der Waals surface area contributed by atoms with Crippen molar-refractivity contribution in [3.05, 3.63) is 48.5 Å². The first-order valence-electron chi connectivity index (χ1n) is 10.4. The summed E-state index contributed by atoms with van der Waals surface area (Å²) >= 11 is 0. The molecular weight excluding hydrogens is 437 g/mol. The normalized spacial score (nSPS) is 17.1. The number of fused-ring (bicyclic) bond motifs is 3. The van der Waals surface area contributed by atoms with Gasteiger partial charge in [0.25, 0.3) is 0 Å². The number of carbonyl (C=O) groups excluding carboxylic acids is 1. The molecule has 0 saturated carbocycles. The molecule has 2 aromatic carbocycles. The summed E-state index contributed by atoms with van der Waals surface area (Å²) in [6.07, 6.45) is -2.50. The minimum absolute atomic E-state index is 0.0429. The molecule has 11 heteroatoms. The molecule has 3 heterocycles. The first-order chi connectivity index (χ1) is 15.9. The Kier molecular flexibility index (Phi) is 5.23. The van der Waals surface area contributed by atoms with Crippen LogP contribution in [-0.4, -0.2) is 44.4 Å². The van der Waals surface area contributed by atoms with Crippen LogP contribution in [0.15, 0.2) is 48.5 Å². The van der Waals surface area contributed by atoms with Crippen LogP contribution >= 0.6 is 0 Å². The van der Waals surface area contributed by atoms with Crippen molar-refractivity contribution in [1.82, 2.24) is 24.9 Å². The average molecular weight is 456 g/mol. The number of hydrogen-bond donors (Lipinski definition) is 2. The quantitative estimate of drug-likeness (QED) is 0.484. The van der Waals surface area contributed by atoms with Crippen LogP contribution in [0.5, 0.6) is 5.75 Å². The van der Waals surface area contributed by atoms with E-state index in [1.165, 1.54) is 22.7 Å². The molecule has 33 heavy (non-hydrogen) atoms. The van der Waals surface area contributed by atoms with E-state index in [2.05, 4.69) is 30.4 Å². The fourth-order valence-corrected chi connectivity index (χ4v) is 3.86. The van der Waals surface area contributed by atoms with Crippen molar-refractivity contribution in [3.8, 4) is 17.1 Å². The average Bonchev–Trinajstić information content (AvgIpc) is 3.13. The molecule has 0 bridgehead atoms. The van der Waals surface area contributed by atoms with Gasteiger partial charge in [0, 0.05) is 11.9 Å². The summed E-state index contributed by atoms with van der Waals surface area (Å²) in [5, 5.41) is 11.1. The highest BCUT2D eigenvalue weighted by Gasteiger charge is 2.33. The number of halogens is 3. The number of anilines is 1. The second kappa shape index (κ2) is 8.23. The molecule has 5 rings (SSSR count). The highest BCUT2D eigenvalue weighted by atomic mass is 19.4. The number of benzene rings is 2. The number of carbonyl (C=O) groups is 1. The summed E-state index contributed by atoms with van der Waals surface area (Å²) in [5.74, 6) is -0.226. The molecule has 8 nitrogen and oxygen atoms in total. The number of para-hydroxylation sites is 2. The second-order valence-electron chi connectivity index (χ2n) is 7.65. The number of nitrogens with one attached hydrogen (secondary N) is 2. The Hall–Kier alpha value is -3.89. The van der Waals surface area contributed by atoms with Gasteiger partial charge in [-0.15, -0.1) is 18.3 Å². The SMILES string of the molecule is O=C1NCCCC[C@@H]1Nc1nc2ccccc2c2nc(-c3ccccc3OC(F)(F)F)nn12. The van der Waals surface area contributed by atoms with Gasteiger partial charge in [-0.25, -0.2) is 9.97 Å². The van der Waals surface area contributed by atoms with E-state index in [9.17, 15) is 18.0 Å². The Bertz CT molecular complexity index is 1340. The van der Waals surface area contributed by atoms with E-state index in [0.717, 1.165) is 12.8 Å². The Morgan fingerprint density at radius 1 is 1.06 bits per heavy atom. The molecule has 1 aliphatic heterocycles. The Morgan fingerprint density at radius 3 is 2.70 bits per heavy atom. The van der Waals surface area contributed by atoms with Crippen LogP contribution in [-0.2, 0) is 4.79 Å². The monoisotopic (exact) mass is 456 g/mol. The summed E-state index contributed by atoms with van der Waals surface area (Å²) in [5.41, 5.74) is 1.09. The van der Waals surface area contributed by atoms with Gasteiger partial charge in [-0.05, 0) is 43.5 Å². The van der Waals surface area contributed by atoms with Gasteiger partial charge in [0.2, 0.25) is 11.9 Å². The van der Waals surface area contributed by atoms with Gasteiger partial charge in [-0.2, -0.15) is 4.52 Å². The van der Waals surface area contributed by atoms with Crippen molar-refractivity contribution in [1.29, 1.82) is 0 Å². The van der Waals surface area contributed by atoms with Crippen molar-refractivity contribution in [2.45, 2.75) is 31.7 Å². The van der Waals surface area contributed by atoms with Gasteiger partial charge in [0.05, 0.1) is 11.1 Å². The van der Waals surface area contributed by atoms with Crippen molar-refractivity contribution < 1.29 is 22.7 Å². The molecule has 1 saturated heterocycles. The second-order valence-corrected chi connectivity index (χ2v) is 7.65. The van der Waals surface area contributed by atoms with Gasteiger partial charge in [-0.1, -0.05) is 24.3 Å². The number of amides is 1. The van der Waals surface area contributed by atoms with E-state index >= 15 is 0 Å². The van der Waals surface area contributed by atoms with Crippen LogP contribution in [0.1, 0.15) is 19.3 Å². The first kappa shape index (κ1) is 21.0. The largest absolute Gasteiger partial charge is 0.573 e. The molecule has 170 valence electrons. The molecule has 0 spiro atoms. The maximum absolute atomic E-state index is 12.9. The lowest BCUT2D eigenvalue weighted by atomic mass is 10.1. The summed E-state index contributed by atoms with van der Waals surface area (Å²) in [6.45, 7) is 0.612. The Morgan fingerprint density at radius 2 is 1.85 bits per heavy atom. The summed E-state index contributed by atoms with van der Waals surface area (Å²) in [6, 6.07) is 12.4. The number of alkyl halides is 3. The van der Waals surface area contributed by atoms with E-state index in [1.807, 2.05) is 12.1 Å². The van der Waals surface area contributed by atoms with Gasteiger partial charge >= 0.3 is 6.36 Å².